The summed E-state index contributed by atoms with van der Waals surface area (Å²) in [5, 5.41) is 4.81. The molecule has 0 radical (unpaired) electrons. The molecule has 0 spiro atoms. The highest BCUT2D eigenvalue weighted by molar-refractivity contribution is 6.22. The Kier molecular flexibility index (Phi) is 6.47. The van der Waals surface area contributed by atoms with Crippen LogP contribution in [-0.4, -0.2) is 15.0 Å². The van der Waals surface area contributed by atoms with Crippen LogP contribution in [0.5, 0.6) is 0 Å². The van der Waals surface area contributed by atoms with Gasteiger partial charge in [-0.15, -0.1) is 0 Å². The molecule has 3 heteroatoms. The Balaban J connectivity index is 1.45. The van der Waals surface area contributed by atoms with E-state index in [0.717, 1.165) is 22.3 Å². The van der Waals surface area contributed by atoms with Crippen molar-refractivity contribution in [2.24, 2.45) is 0 Å². The van der Waals surface area contributed by atoms with Gasteiger partial charge < -0.3 is 0 Å². The van der Waals surface area contributed by atoms with E-state index in [-0.39, 0.29) is 0 Å². The molecule has 44 heavy (non-hydrogen) atoms. The fourth-order valence-corrected chi connectivity index (χ4v) is 6.29. The molecule has 8 aromatic rings. The van der Waals surface area contributed by atoms with Gasteiger partial charge in [-0.1, -0.05) is 84.9 Å². The third-order valence-electron chi connectivity index (χ3n) is 8.34. The standard InChI is InChI=1S/C41H27N3/c1-2-7-28(8-3-1)32-13-14-38-39(25-32)40(33-10-6-9-31(23-33)29-15-19-42-20-16-29)36-11-4-5-12-37(36)41(38)35-24-34(26-44-27-35)30-17-21-43-22-18-30/h1-27H. The summed E-state index contributed by atoms with van der Waals surface area (Å²) in [5.74, 6) is 0. The van der Waals surface area contributed by atoms with Gasteiger partial charge in [-0.3, -0.25) is 15.0 Å². The molecule has 0 saturated carbocycles. The van der Waals surface area contributed by atoms with Crippen LogP contribution < -0.4 is 0 Å². The predicted octanol–water partition coefficient (Wildman–Crippen LogP) is 10.5. The van der Waals surface area contributed by atoms with E-state index < -0.39 is 0 Å². The number of aromatic nitrogens is 3. The van der Waals surface area contributed by atoms with Crippen molar-refractivity contribution < 1.29 is 0 Å². The Hall–Kier alpha value is -5.93. The average Bonchev–Trinajstić information content (AvgIpc) is 3.11. The molecule has 0 aliphatic heterocycles. The molecular weight excluding hydrogens is 534 g/mol. The quantitative estimate of drug-likeness (QED) is 0.196. The SMILES string of the molecule is c1ccc(-c2ccc3c(-c4cncc(-c5ccncc5)c4)c4ccccc4c(-c4cccc(-c5ccncc5)c4)c3c2)cc1. The van der Waals surface area contributed by atoms with Gasteiger partial charge >= 0.3 is 0 Å². The molecule has 3 nitrogen and oxygen atoms in total. The molecule has 0 bridgehead atoms. The van der Waals surface area contributed by atoms with E-state index >= 15 is 0 Å². The maximum atomic E-state index is 4.72. The normalized spacial score (nSPS) is 11.2. The summed E-state index contributed by atoms with van der Waals surface area (Å²) < 4.78 is 0. The van der Waals surface area contributed by atoms with Crippen molar-refractivity contribution in [2.75, 3.05) is 0 Å². The van der Waals surface area contributed by atoms with Crippen molar-refractivity contribution in [2.45, 2.75) is 0 Å². The van der Waals surface area contributed by atoms with Gasteiger partial charge in [0.1, 0.15) is 0 Å². The van der Waals surface area contributed by atoms with Crippen molar-refractivity contribution in [3.63, 3.8) is 0 Å². The zero-order valence-corrected chi connectivity index (χ0v) is 23.9. The number of fused-ring (bicyclic) bond motifs is 2. The topological polar surface area (TPSA) is 38.7 Å². The number of hydrogen-bond donors (Lipinski definition) is 0. The molecule has 206 valence electrons. The molecule has 0 N–H and O–H groups in total. The molecule has 0 fully saturated rings. The number of nitrogens with zero attached hydrogens (tertiary/aromatic N) is 3. The van der Waals surface area contributed by atoms with Crippen molar-refractivity contribution >= 4 is 21.5 Å². The Labute approximate surface area is 256 Å². The third kappa shape index (κ3) is 4.61. The zero-order valence-electron chi connectivity index (χ0n) is 23.9. The molecular formula is C41H27N3. The van der Waals surface area contributed by atoms with E-state index in [2.05, 4.69) is 125 Å². The van der Waals surface area contributed by atoms with Gasteiger partial charge in [0.2, 0.25) is 0 Å². The summed E-state index contributed by atoms with van der Waals surface area (Å²) in [5.41, 5.74) is 11.5. The fraction of sp³-hybridized carbons (Fsp3) is 0. The molecule has 3 aromatic heterocycles. The first-order valence-corrected chi connectivity index (χ1v) is 14.7. The highest BCUT2D eigenvalue weighted by Crippen LogP contribution is 2.45. The summed E-state index contributed by atoms with van der Waals surface area (Å²) in [6.45, 7) is 0. The van der Waals surface area contributed by atoms with Crippen LogP contribution in [-0.2, 0) is 0 Å². The second-order valence-electron chi connectivity index (χ2n) is 10.9. The minimum Gasteiger partial charge on any atom is -0.265 e. The molecule has 0 amide bonds. The maximum absolute atomic E-state index is 4.72. The first kappa shape index (κ1) is 25.8. The summed E-state index contributed by atoms with van der Waals surface area (Å²) in [6.07, 6.45) is 11.3. The van der Waals surface area contributed by atoms with Crippen LogP contribution in [0.3, 0.4) is 0 Å². The van der Waals surface area contributed by atoms with Crippen LogP contribution in [0.15, 0.2) is 165 Å². The minimum absolute atomic E-state index is 1.07. The van der Waals surface area contributed by atoms with Crippen LogP contribution in [0.1, 0.15) is 0 Å². The Morgan fingerprint density at radius 3 is 1.50 bits per heavy atom. The van der Waals surface area contributed by atoms with E-state index in [9.17, 15) is 0 Å². The Morgan fingerprint density at radius 1 is 0.273 bits per heavy atom. The van der Waals surface area contributed by atoms with Crippen LogP contribution in [0.2, 0.25) is 0 Å². The lowest BCUT2D eigenvalue weighted by Gasteiger charge is -2.19. The first-order valence-electron chi connectivity index (χ1n) is 14.7. The predicted molar refractivity (Wildman–Crippen MR) is 182 cm³/mol. The highest BCUT2D eigenvalue weighted by atomic mass is 14.6. The van der Waals surface area contributed by atoms with Gasteiger partial charge in [-0.05, 0) is 109 Å². The van der Waals surface area contributed by atoms with Crippen LogP contribution in [0.4, 0.5) is 0 Å². The average molecular weight is 562 g/mol. The maximum Gasteiger partial charge on any atom is 0.0347 e. The molecule has 8 rings (SSSR count). The van der Waals surface area contributed by atoms with Gasteiger partial charge in [-0.25, -0.2) is 0 Å². The Bertz CT molecular complexity index is 2260. The van der Waals surface area contributed by atoms with Crippen molar-refractivity contribution in [1.29, 1.82) is 0 Å². The lowest BCUT2D eigenvalue weighted by Crippen LogP contribution is -1.93. The molecule has 0 aliphatic carbocycles. The molecule has 0 atom stereocenters. The molecule has 0 saturated heterocycles. The van der Waals surface area contributed by atoms with Crippen LogP contribution in [0.25, 0.3) is 77.2 Å². The number of hydrogen-bond acceptors (Lipinski definition) is 3. The van der Waals surface area contributed by atoms with Gasteiger partial charge in [-0.2, -0.15) is 0 Å². The largest absolute Gasteiger partial charge is 0.265 e. The molecule has 0 aliphatic rings. The summed E-state index contributed by atoms with van der Waals surface area (Å²) in [7, 11) is 0. The van der Waals surface area contributed by atoms with E-state index in [1.807, 2.05) is 49.3 Å². The second-order valence-corrected chi connectivity index (χ2v) is 10.9. The monoisotopic (exact) mass is 561 g/mol. The second kappa shape index (κ2) is 11.0. The Morgan fingerprint density at radius 2 is 0.773 bits per heavy atom. The molecule has 3 heterocycles. The lowest BCUT2D eigenvalue weighted by atomic mass is 9.84. The van der Waals surface area contributed by atoms with E-state index in [4.69, 9.17) is 4.98 Å². The highest BCUT2D eigenvalue weighted by Gasteiger charge is 2.18. The number of benzene rings is 5. The van der Waals surface area contributed by atoms with E-state index in [1.54, 1.807) is 0 Å². The van der Waals surface area contributed by atoms with Crippen LogP contribution >= 0.6 is 0 Å². The van der Waals surface area contributed by atoms with Crippen molar-refractivity contribution in [3.05, 3.63) is 165 Å². The first-order chi connectivity index (χ1) is 21.8. The number of pyridine rings is 3. The van der Waals surface area contributed by atoms with Gasteiger partial charge in [0, 0.05) is 48.3 Å². The molecule has 0 unspecified atom stereocenters. The summed E-state index contributed by atoms with van der Waals surface area (Å²) in [4.78, 5) is 13.2. The smallest absolute Gasteiger partial charge is 0.0347 e. The van der Waals surface area contributed by atoms with Gasteiger partial charge in [0.05, 0.1) is 0 Å². The van der Waals surface area contributed by atoms with Gasteiger partial charge in [0.15, 0.2) is 0 Å². The van der Waals surface area contributed by atoms with E-state index in [0.29, 0.717) is 0 Å². The summed E-state index contributed by atoms with van der Waals surface area (Å²) >= 11 is 0. The van der Waals surface area contributed by atoms with E-state index in [1.165, 1.54) is 54.9 Å². The zero-order chi connectivity index (χ0) is 29.3. The summed E-state index contributed by atoms with van der Waals surface area (Å²) in [6, 6.07) is 45.6. The molecule has 5 aromatic carbocycles. The fourth-order valence-electron chi connectivity index (χ4n) is 6.29. The lowest BCUT2D eigenvalue weighted by molar-refractivity contribution is 1.30. The van der Waals surface area contributed by atoms with Crippen molar-refractivity contribution in [3.8, 4) is 55.6 Å². The van der Waals surface area contributed by atoms with Gasteiger partial charge in [0.25, 0.3) is 0 Å². The van der Waals surface area contributed by atoms with Crippen molar-refractivity contribution in [1.82, 2.24) is 15.0 Å². The number of rotatable bonds is 5. The third-order valence-corrected chi connectivity index (χ3v) is 8.34. The van der Waals surface area contributed by atoms with Crippen LogP contribution in [0, 0.1) is 0 Å². The minimum atomic E-state index is 1.07.